The van der Waals surface area contributed by atoms with E-state index in [1.54, 1.807) is 36.7 Å². The Morgan fingerprint density at radius 3 is 2.59 bits per heavy atom. The number of anilines is 1. The molecule has 2 rings (SSSR count). The van der Waals surface area contributed by atoms with Crippen LogP contribution in [0.2, 0.25) is 0 Å². The zero-order valence-electron chi connectivity index (χ0n) is 12.0. The molecule has 0 saturated carbocycles. The molecule has 0 atom stereocenters. The van der Waals surface area contributed by atoms with Gasteiger partial charge in [-0.05, 0) is 42.3 Å². The smallest absolute Gasteiger partial charge is 0.255 e. The van der Waals surface area contributed by atoms with Crippen LogP contribution in [0, 0.1) is 0 Å². The molecule has 0 bridgehead atoms. The SMILES string of the molecule is NC(=O)COc1ccc(NC(=O)CCc2cccnc2)cc1. The summed E-state index contributed by atoms with van der Waals surface area (Å²) in [7, 11) is 0. The first-order valence-corrected chi connectivity index (χ1v) is 6.83. The van der Waals surface area contributed by atoms with E-state index in [0.717, 1.165) is 5.56 Å². The normalized spacial score (nSPS) is 10.0. The van der Waals surface area contributed by atoms with Gasteiger partial charge in [0.25, 0.3) is 5.91 Å². The molecular formula is C16H17N3O3. The lowest BCUT2D eigenvalue weighted by atomic mass is 10.1. The number of nitrogens with one attached hydrogen (secondary N) is 1. The molecular weight excluding hydrogens is 282 g/mol. The van der Waals surface area contributed by atoms with Gasteiger partial charge >= 0.3 is 0 Å². The molecule has 0 aliphatic rings. The highest BCUT2D eigenvalue weighted by Crippen LogP contribution is 2.16. The van der Waals surface area contributed by atoms with Crippen LogP contribution in [0.4, 0.5) is 5.69 Å². The molecule has 1 heterocycles. The van der Waals surface area contributed by atoms with Crippen molar-refractivity contribution in [3.8, 4) is 5.75 Å². The number of primary amides is 1. The fourth-order valence-corrected chi connectivity index (χ4v) is 1.82. The number of nitrogens with zero attached hydrogens (tertiary/aromatic N) is 1. The number of hydrogen-bond acceptors (Lipinski definition) is 4. The zero-order chi connectivity index (χ0) is 15.8. The lowest BCUT2D eigenvalue weighted by Crippen LogP contribution is -2.20. The number of rotatable bonds is 7. The van der Waals surface area contributed by atoms with E-state index in [4.69, 9.17) is 10.5 Å². The molecule has 3 N–H and O–H groups in total. The Kier molecular flexibility index (Phi) is 5.48. The summed E-state index contributed by atoms with van der Waals surface area (Å²) < 4.78 is 5.14. The molecule has 1 aromatic heterocycles. The van der Waals surface area contributed by atoms with Gasteiger partial charge in [-0.2, -0.15) is 0 Å². The summed E-state index contributed by atoms with van der Waals surface area (Å²) in [4.78, 5) is 26.5. The Morgan fingerprint density at radius 2 is 1.95 bits per heavy atom. The van der Waals surface area contributed by atoms with E-state index in [0.29, 0.717) is 24.3 Å². The van der Waals surface area contributed by atoms with Crippen LogP contribution in [0.3, 0.4) is 0 Å². The van der Waals surface area contributed by atoms with Gasteiger partial charge in [-0.3, -0.25) is 14.6 Å². The number of carbonyl (C=O) groups is 2. The van der Waals surface area contributed by atoms with Crippen molar-refractivity contribution in [3.05, 3.63) is 54.4 Å². The lowest BCUT2D eigenvalue weighted by Gasteiger charge is -2.07. The van der Waals surface area contributed by atoms with Crippen molar-refractivity contribution in [2.75, 3.05) is 11.9 Å². The zero-order valence-corrected chi connectivity index (χ0v) is 12.0. The van der Waals surface area contributed by atoms with Gasteiger partial charge in [0, 0.05) is 24.5 Å². The van der Waals surface area contributed by atoms with Gasteiger partial charge in [-0.25, -0.2) is 0 Å². The summed E-state index contributed by atoms with van der Waals surface area (Å²) in [5.74, 6) is -0.0883. The quantitative estimate of drug-likeness (QED) is 0.810. The van der Waals surface area contributed by atoms with E-state index < -0.39 is 5.91 Å². The predicted molar refractivity (Wildman–Crippen MR) is 82.3 cm³/mol. The molecule has 0 fully saturated rings. The molecule has 0 spiro atoms. The Bertz CT molecular complexity index is 627. The van der Waals surface area contributed by atoms with Gasteiger partial charge in [0.15, 0.2) is 6.61 Å². The van der Waals surface area contributed by atoms with E-state index in [1.165, 1.54) is 0 Å². The Hall–Kier alpha value is -2.89. The standard InChI is InChI=1S/C16H17N3O3/c17-15(20)11-22-14-6-4-13(5-7-14)19-16(21)8-3-12-2-1-9-18-10-12/h1-2,4-7,9-10H,3,8,11H2,(H2,17,20)(H,19,21). The first-order valence-electron chi connectivity index (χ1n) is 6.83. The van der Waals surface area contributed by atoms with E-state index >= 15 is 0 Å². The average Bonchev–Trinajstić information content (AvgIpc) is 2.53. The van der Waals surface area contributed by atoms with Gasteiger partial charge in [0.1, 0.15) is 5.75 Å². The molecule has 6 heteroatoms. The number of amides is 2. The number of nitrogens with two attached hydrogens (primary N) is 1. The van der Waals surface area contributed by atoms with Crippen LogP contribution in [0.25, 0.3) is 0 Å². The third-order valence-corrected chi connectivity index (χ3v) is 2.88. The van der Waals surface area contributed by atoms with Crippen molar-refractivity contribution in [1.82, 2.24) is 4.98 Å². The third kappa shape index (κ3) is 5.24. The second-order valence-corrected chi connectivity index (χ2v) is 4.69. The minimum atomic E-state index is -0.534. The highest BCUT2D eigenvalue weighted by atomic mass is 16.5. The fraction of sp³-hybridized carbons (Fsp3) is 0.188. The summed E-state index contributed by atoms with van der Waals surface area (Å²) in [6.07, 6.45) is 4.47. The molecule has 2 aromatic rings. The summed E-state index contributed by atoms with van der Waals surface area (Å²) in [6.45, 7) is -0.170. The largest absolute Gasteiger partial charge is 0.484 e. The van der Waals surface area contributed by atoms with Gasteiger partial charge in [0.05, 0.1) is 0 Å². The molecule has 22 heavy (non-hydrogen) atoms. The number of pyridine rings is 1. The summed E-state index contributed by atoms with van der Waals surface area (Å²) in [5, 5.41) is 2.80. The van der Waals surface area contributed by atoms with Crippen molar-refractivity contribution in [3.63, 3.8) is 0 Å². The van der Waals surface area contributed by atoms with Gasteiger partial charge in [-0.15, -0.1) is 0 Å². The minimum Gasteiger partial charge on any atom is -0.484 e. The minimum absolute atomic E-state index is 0.0744. The fourth-order valence-electron chi connectivity index (χ4n) is 1.82. The van der Waals surface area contributed by atoms with E-state index in [1.807, 2.05) is 12.1 Å². The maximum Gasteiger partial charge on any atom is 0.255 e. The van der Waals surface area contributed by atoms with Crippen LogP contribution in [0.5, 0.6) is 5.75 Å². The Balaban J connectivity index is 1.80. The lowest BCUT2D eigenvalue weighted by molar-refractivity contribution is -0.120. The van der Waals surface area contributed by atoms with Gasteiger partial charge in [0.2, 0.25) is 5.91 Å². The number of aromatic nitrogens is 1. The summed E-state index contributed by atoms with van der Waals surface area (Å²) in [5.41, 5.74) is 6.68. The van der Waals surface area contributed by atoms with E-state index in [-0.39, 0.29) is 12.5 Å². The highest BCUT2D eigenvalue weighted by Gasteiger charge is 2.04. The second kappa shape index (κ2) is 7.78. The molecule has 0 unspecified atom stereocenters. The number of ether oxygens (including phenoxy) is 1. The van der Waals surface area contributed by atoms with Crippen LogP contribution in [0.1, 0.15) is 12.0 Å². The molecule has 0 aliphatic heterocycles. The van der Waals surface area contributed by atoms with Crippen molar-refractivity contribution in [1.29, 1.82) is 0 Å². The molecule has 0 aliphatic carbocycles. The topological polar surface area (TPSA) is 94.3 Å². The van der Waals surface area contributed by atoms with Gasteiger partial charge in [-0.1, -0.05) is 6.07 Å². The van der Waals surface area contributed by atoms with Crippen LogP contribution in [0.15, 0.2) is 48.8 Å². The molecule has 0 saturated heterocycles. The summed E-state index contributed by atoms with van der Waals surface area (Å²) in [6, 6.07) is 10.5. The van der Waals surface area contributed by atoms with Crippen molar-refractivity contribution < 1.29 is 14.3 Å². The third-order valence-electron chi connectivity index (χ3n) is 2.88. The molecule has 2 amide bonds. The Labute approximate surface area is 128 Å². The first kappa shape index (κ1) is 15.5. The number of carbonyl (C=O) groups excluding carboxylic acids is 2. The molecule has 1 aromatic carbocycles. The Morgan fingerprint density at radius 1 is 1.18 bits per heavy atom. The van der Waals surface area contributed by atoms with Crippen LogP contribution in [-0.2, 0) is 16.0 Å². The van der Waals surface area contributed by atoms with E-state index in [2.05, 4.69) is 10.3 Å². The predicted octanol–water partition coefficient (Wildman–Crippen LogP) is 1.52. The number of benzene rings is 1. The molecule has 6 nitrogen and oxygen atoms in total. The second-order valence-electron chi connectivity index (χ2n) is 4.69. The van der Waals surface area contributed by atoms with Crippen LogP contribution >= 0.6 is 0 Å². The first-order chi connectivity index (χ1) is 10.6. The van der Waals surface area contributed by atoms with Gasteiger partial charge < -0.3 is 15.8 Å². The van der Waals surface area contributed by atoms with Crippen LogP contribution < -0.4 is 15.8 Å². The number of hydrogen-bond donors (Lipinski definition) is 2. The van der Waals surface area contributed by atoms with Crippen molar-refractivity contribution >= 4 is 17.5 Å². The number of aryl methyl sites for hydroxylation is 1. The summed E-state index contributed by atoms with van der Waals surface area (Å²) >= 11 is 0. The molecule has 114 valence electrons. The molecule has 0 radical (unpaired) electrons. The van der Waals surface area contributed by atoms with E-state index in [9.17, 15) is 9.59 Å². The van der Waals surface area contributed by atoms with Crippen LogP contribution in [-0.4, -0.2) is 23.4 Å². The monoisotopic (exact) mass is 299 g/mol. The van der Waals surface area contributed by atoms with Crippen molar-refractivity contribution in [2.24, 2.45) is 5.73 Å². The average molecular weight is 299 g/mol. The maximum atomic E-state index is 11.9. The maximum absolute atomic E-state index is 11.9. The highest BCUT2D eigenvalue weighted by molar-refractivity contribution is 5.90. The van der Waals surface area contributed by atoms with Crippen molar-refractivity contribution in [2.45, 2.75) is 12.8 Å².